The van der Waals surface area contributed by atoms with Gasteiger partial charge in [-0.05, 0) is 43.5 Å². The van der Waals surface area contributed by atoms with Gasteiger partial charge in [-0.25, -0.2) is 0 Å². The fourth-order valence-electron chi connectivity index (χ4n) is 2.84. The molecule has 1 fully saturated rings. The average Bonchev–Trinajstić information content (AvgIpc) is 2.46. The molecule has 3 atom stereocenters. The van der Waals surface area contributed by atoms with Crippen LogP contribution < -0.4 is 5.32 Å². The first-order valence-corrected chi connectivity index (χ1v) is 8.52. The Balaban J connectivity index is 2.13. The third-order valence-electron chi connectivity index (χ3n) is 4.13. The lowest BCUT2D eigenvalue weighted by Crippen LogP contribution is -2.42. The lowest BCUT2D eigenvalue weighted by molar-refractivity contribution is 0.399. The van der Waals surface area contributed by atoms with Gasteiger partial charge in [-0.15, -0.1) is 0 Å². The van der Waals surface area contributed by atoms with E-state index in [-0.39, 0.29) is 5.25 Å². The molecule has 19 heavy (non-hydrogen) atoms. The number of rotatable bonds is 4. The summed E-state index contributed by atoms with van der Waals surface area (Å²) in [5.74, 6) is 0.530. The maximum Gasteiger partial charge on any atom is 0.0576 e. The van der Waals surface area contributed by atoms with E-state index in [1.165, 1.54) is 18.4 Å². The molecule has 106 valence electrons. The van der Waals surface area contributed by atoms with Crippen LogP contribution in [-0.2, 0) is 10.8 Å². The minimum absolute atomic E-state index is 0.267. The Morgan fingerprint density at radius 3 is 2.37 bits per heavy atom. The first-order chi connectivity index (χ1) is 9.13. The molecule has 0 spiro atoms. The number of hydrogen-bond acceptors (Lipinski definition) is 2. The second-order valence-corrected chi connectivity index (χ2v) is 7.41. The maximum atomic E-state index is 12.7. The highest BCUT2D eigenvalue weighted by atomic mass is 32.2. The summed E-state index contributed by atoms with van der Waals surface area (Å²) in [6.07, 6.45) is 4.69. The number of hydrogen-bond donors (Lipinski definition) is 1. The molecule has 0 radical (unpaired) electrons. The van der Waals surface area contributed by atoms with Crippen LogP contribution in [0.15, 0.2) is 29.2 Å². The summed E-state index contributed by atoms with van der Waals surface area (Å²) in [5.41, 5.74) is 1.31. The van der Waals surface area contributed by atoms with E-state index in [0.717, 1.165) is 17.7 Å². The fourth-order valence-corrected chi connectivity index (χ4v) is 4.55. The molecule has 1 aromatic carbocycles. The first-order valence-electron chi connectivity index (χ1n) is 7.31. The van der Waals surface area contributed by atoms with E-state index in [0.29, 0.717) is 12.0 Å². The molecule has 0 aromatic heterocycles. The highest BCUT2D eigenvalue weighted by molar-refractivity contribution is 7.85. The second-order valence-electron chi connectivity index (χ2n) is 5.74. The van der Waals surface area contributed by atoms with Gasteiger partial charge in [0.25, 0.3) is 0 Å². The molecule has 0 bridgehead atoms. The quantitative estimate of drug-likeness (QED) is 0.914. The minimum Gasteiger partial charge on any atom is -0.316 e. The van der Waals surface area contributed by atoms with Crippen LogP contribution in [0.3, 0.4) is 0 Å². The predicted molar refractivity (Wildman–Crippen MR) is 82.0 cm³/mol. The normalized spacial score (nSPS) is 25.5. The summed E-state index contributed by atoms with van der Waals surface area (Å²) in [4.78, 5) is 0.983. The molecule has 1 aromatic rings. The Bertz CT molecular complexity index is 427. The molecule has 1 aliphatic carbocycles. The van der Waals surface area contributed by atoms with Crippen molar-refractivity contribution in [3.05, 3.63) is 29.8 Å². The molecule has 2 rings (SSSR count). The Hall–Kier alpha value is -0.670. The van der Waals surface area contributed by atoms with Crippen molar-refractivity contribution in [2.75, 3.05) is 7.05 Å². The van der Waals surface area contributed by atoms with Crippen LogP contribution in [0.4, 0.5) is 0 Å². The lowest BCUT2D eigenvalue weighted by atomic mass is 9.95. The standard InChI is InChI=1S/C16H25NOS/c1-12(2)13-8-10-14(11-9-13)19(18)16-7-5-4-6-15(16)17-3/h8-12,15-17H,4-7H2,1-3H3. The van der Waals surface area contributed by atoms with Gasteiger partial charge in [-0.2, -0.15) is 0 Å². The number of benzene rings is 1. The Labute approximate surface area is 119 Å². The summed E-state index contributed by atoms with van der Waals surface area (Å²) >= 11 is 0. The molecule has 1 saturated carbocycles. The molecule has 3 heteroatoms. The minimum atomic E-state index is -0.884. The Morgan fingerprint density at radius 2 is 1.79 bits per heavy atom. The zero-order valence-electron chi connectivity index (χ0n) is 12.2. The van der Waals surface area contributed by atoms with Crippen molar-refractivity contribution in [2.24, 2.45) is 0 Å². The van der Waals surface area contributed by atoms with Gasteiger partial charge in [0, 0.05) is 10.9 Å². The molecule has 0 amide bonds. The van der Waals surface area contributed by atoms with Crippen molar-refractivity contribution in [3.8, 4) is 0 Å². The van der Waals surface area contributed by atoms with Gasteiger partial charge in [-0.3, -0.25) is 4.21 Å². The van der Waals surface area contributed by atoms with Crippen molar-refractivity contribution in [1.82, 2.24) is 5.32 Å². The van der Waals surface area contributed by atoms with Gasteiger partial charge in [0.05, 0.1) is 16.0 Å². The smallest absolute Gasteiger partial charge is 0.0576 e. The summed E-state index contributed by atoms with van der Waals surface area (Å²) in [6.45, 7) is 4.37. The van der Waals surface area contributed by atoms with Gasteiger partial charge in [-0.1, -0.05) is 38.8 Å². The van der Waals surface area contributed by atoms with E-state index in [9.17, 15) is 4.21 Å². The number of nitrogens with one attached hydrogen (secondary N) is 1. The highest BCUT2D eigenvalue weighted by Gasteiger charge is 2.29. The fraction of sp³-hybridized carbons (Fsp3) is 0.625. The van der Waals surface area contributed by atoms with E-state index in [1.54, 1.807) is 0 Å². The van der Waals surface area contributed by atoms with E-state index in [1.807, 2.05) is 19.2 Å². The molecule has 0 saturated heterocycles. The van der Waals surface area contributed by atoms with Crippen molar-refractivity contribution in [3.63, 3.8) is 0 Å². The van der Waals surface area contributed by atoms with Crippen LogP contribution in [0, 0.1) is 0 Å². The van der Waals surface area contributed by atoms with Gasteiger partial charge in [0.15, 0.2) is 0 Å². The molecule has 3 unspecified atom stereocenters. The largest absolute Gasteiger partial charge is 0.316 e. The van der Waals surface area contributed by atoms with Crippen molar-refractivity contribution in [1.29, 1.82) is 0 Å². The van der Waals surface area contributed by atoms with Crippen LogP contribution in [-0.4, -0.2) is 22.5 Å². The molecule has 1 N–H and O–H groups in total. The molecule has 1 aliphatic rings. The zero-order valence-corrected chi connectivity index (χ0v) is 13.0. The molecule has 2 nitrogen and oxygen atoms in total. The highest BCUT2D eigenvalue weighted by Crippen LogP contribution is 2.27. The van der Waals surface area contributed by atoms with Crippen molar-refractivity contribution < 1.29 is 4.21 Å². The summed E-state index contributed by atoms with van der Waals surface area (Å²) in [7, 11) is 1.10. The van der Waals surface area contributed by atoms with E-state index in [2.05, 4.69) is 31.3 Å². The predicted octanol–water partition coefficient (Wildman–Crippen LogP) is 3.45. The van der Waals surface area contributed by atoms with Gasteiger partial charge < -0.3 is 5.32 Å². The molecular weight excluding hydrogens is 254 g/mol. The molecule has 0 aliphatic heterocycles. The average molecular weight is 279 g/mol. The summed E-state index contributed by atoms with van der Waals surface area (Å²) < 4.78 is 12.7. The van der Waals surface area contributed by atoms with Gasteiger partial charge in [0.1, 0.15) is 0 Å². The molecular formula is C16H25NOS. The topological polar surface area (TPSA) is 29.1 Å². The van der Waals surface area contributed by atoms with Crippen LogP contribution in [0.5, 0.6) is 0 Å². The summed E-state index contributed by atoms with van der Waals surface area (Å²) in [5, 5.41) is 3.61. The summed E-state index contributed by atoms with van der Waals surface area (Å²) in [6, 6.07) is 8.74. The van der Waals surface area contributed by atoms with Crippen LogP contribution in [0.25, 0.3) is 0 Å². The second kappa shape index (κ2) is 6.67. The first kappa shape index (κ1) is 14.7. The Morgan fingerprint density at radius 1 is 1.16 bits per heavy atom. The van der Waals surface area contributed by atoms with E-state index < -0.39 is 10.8 Å². The van der Waals surface area contributed by atoms with Crippen LogP contribution in [0.2, 0.25) is 0 Å². The SMILES string of the molecule is CNC1CCCCC1S(=O)c1ccc(C(C)C)cc1. The third-order valence-corrected chi connectivity index (χ3v) is 5.98. The maximum absolute atomic E-state index is 12.7. The van der Waals surface area contributed by atoms with Gasteiger partial charge >= 0.3 is 0 Å². The zero-order chi connectivity index (χ0) is 13.8. The van der Waals surface area contributed by atoms with Crippen molar-refractivity contribution >= 4 is 10.8 Å². The van der Waals surface area contributed by atoms with Gasteiger partial charge in [0.2, 0.25) is 0 Å². The molecule has 0 heterocycles. The van der Waals surface area contributed by atoms with Crippen LogP contribution >= 0.6 is 0 Å². The monoisotopic (exact) mass is 279 g/mol. The third kappa shape index (κ3) is 3.46. The van der Waals surface area contributed by atoms with Crippen LogP contribution in [0.1, 0.15) is 51.0 Å². The lowest BCUT2D eigenvalue weighted by Gasteiger charge is -2.30. The van der Waals surface area contributed by atoms with Crippen molar-refractivity contribution in [2.45, 2.75) is 61.6 Å². The Kier molecular flexibility index (Phi) is 5.17. The van der Waals surface area contributed by atoms with E-state index >= 15 is 0 Å². The van der Waals surface area contributed by atoms with E-state index in [4.69, 9.17) is 0 Å².